The maximum absolute atomic E-state index is 13.4. The van der Waals surface area contributed by atoms with Crippen LogP contribution >= 0.6 is 0 Å². The summed E-state index contributed by atoms with van der Waals surface area (Å²) in [5.74, 6) is -1.06. The van der Waals surface area contributed by atoms with Crippen LogP contribution in [0, 0.1) is 11.3 Å². The van der Waals surface area contributed by atoms with Gasteiger partial charge in [0.15, 0.2) is 0 Å². The van der Waals surface area contributed by atoms with Gasteiger partial charge in [-0.1, -0.05) is 42.5 Å². The predicted molar refractivity (Wildman–Crippen MR) is 125 cm³/mol. The monoisotopic (exact) mass is 469 g/mol. The van der Waals surface area contributed by atoms with E-state index in [1.54, 1.807) is 84.9 Å². The van der Waals surface area contributed by atoms with Crippen molar-refractivity contribution >= 4 is 28.9 Å². The van der Waals surface area contributed by atoms with E-state index in [9.17, 15) is 19.6 Å². The number of hydrogen-bond acceptors (Lipinski definition) is 7. The number of amides is 2. The second-order valence-electron chi connectivity index (χ2n) is 9.50. The van der Waals surface area contributed by atoms with E-state index in [1.807, 2.05) is 6.07 Å². The fourth-order valence-electron chi connectivity index (χ4n) is 3.22. The third-order valence-electron chi connectivity index (χ3n) is 4.43. The number of hydrazine groups is 1. The summed E-state index contributed by atoms with van der Waals surface area (Å²) in [6.07, 6.45) is -2.19. The van der Waals surface area contributed by atoms with Crippen LogP contribution in [-0.2, 0) is 24.5 Å². The van der Waals surface area contributed by atoms with Crippen LogP contribution in [0.3, 0.4) is 0 Å². The zero-order valence-corrected chi connectivity index (χ0v) is 20.6. The molecule has 182 valence electrons. The van der Waals surface area contributed by atoms with Gasteiger partial charge in [0.2, 0.25) is 0 Å². The van der Waals surface area contributed by atoms with Crippen molar-refractivity contribution in [2.75, 3.05) is 6.61 Å². The molecule has 0 heterocycles. The first kappa shape index (κ1) is 26.5. The number of hydrogen-bond donors (Lipinski definition) is 1. The smallest absolute Gasteiger partial charge is 0.431 e. The Labute approximate surface area is 199 Å². The Morgan fingerprint density at radius 3 is 2.09 bits per heavy atom. The predicted octanol–water partition coefficient (Wildman–Crippen LogP) is 4.80. The largest absolute Gasteiger partial charge is 0.463 e. The fourth-order valence-corrected chi connectivity index (χ4v) is 3.22. The van der Waals surface area contributed by atoms with Crippen molar-refractivity contribution in [3.05, 3.63) is 48.0 Å². The third-order valence-corrected chi connectivity index (χ3v) is 4.43. The highest BCUT2D eigenvalue weighted by molar-refractivity contribution is 5.98. The Hall–Kier alpha value is -3.80. The molecule has 0 aliphatic rings. The summed E-state index contributed by atoms with van der Waals surface area (Å²) in [5, 5.41) is 12.2. The van der Waals surface area contributed by atoms with E-state index < -0.39 is 34.9 Å². The van der Waals surface area contributed by atoms with Crippen LogP contribution in [0.15, 0.2) is 42.5 Å². The lowest BCUT2D eigenvalue weighted by Crippen LogP contribution is -2.62. The molecule has 0 aromatic heterocycles. The van der Waals surface area contributed by atoms with Crippen LogP contribution in [0.1, 0.15) is 54.0 Å². The molecule has 1 unspecified atom stereocenters. The van der Waals surface area contributed by atoms with Gasteiger partial charge in [-0.25, -0.2) is 19.8 Å². The van der Waals surface area contributed by atoms with Crippen molar-refractivity contribution in [3.8, 4) is 6.07 Å². The molecule has 0 radical (unpaired) electrons. The van der Waals surface area contributed by atoms with Crippen LogP contribution in [0.2, 0.25) is 0 Å². The summed E-state index contributed by atoms with van der Waals surface area (Å²) in [7, 11) is 0. The summed E-state index contributed by atoms with van der Waals surface area (Å²) < 4.78 is 16.0. The number of carbonyl (C=O) groups excluding carboxylic acids is 3. The van der Waals surface area contributed by atoms with E-state index in [4.69, 9.17) is 14.2 Å². The van der Waals surface area contributed by atoms with Gasteiger partial charge in [-0.15, -0.1) is 0 Å². The molecule has 0 saturated carbocycles. The standard InChI is InChI=1S/C25H31N3O6/c1-8-32-20(29)25(16-26,19-15-11-13-17-12-9-10-14-18(17)19)28(22(31)34-24(5,6)7)27-21(30)33-23(2,3)4/h9-15H,8H2,1-7H3,(H,27,30). The number of nitrogens with one attached hydrogen (secondary N) is 1. The minimum Gasteiger partial charge on any atom is -0.463 e. The van der Waals surface area contributed by atoms with Crippen molar-refractivity contribution in [1.82, 2.24) is 10.4 Å². The average molecular weight is 470 g/mol. The summed E-state index contributed by atoms with van der Waals surface area (Å²) in [4.78, 5) is 39.5. The Morgan fingerprint density at radius 2 is 1.53 bits per heavy atom. The SMILES string of the molecule is CCOC(=O)C(C#N)(c1cccc2ccccc12)N(NC(=O)OC(C)(C)C)C(=O)OC(C)(C)C. The van der Waals surface area contributed by atoms with Gasteiger partial charge in [-0.05, 0) is 59.2 Å². The first-order valence-electron chi connectivity index (χ1n) is 10.8. The number of ether oxygens (including phenoxy) is 3. The summed E-state index contributed by atoms with van der Waals surface area (Å²) in [6.45, 7) is 11.3. The van der Waals surface area contributed by atoms with Crippen LogP contribution in [0.5, 0.6) is 0 Å². The molecule has 0 bridgehead atoms. The van der Waals surface area contributed by atoms with Crippen LogP contribution in [0.4, 0.5) is 9.59 Å². The zero-order valence-electron chi connectivity index (χ0n) is 20.6. The van der Waals surface area contributed by atoms with Gasteiger partial charge in [-0.2, -0.15) is 10.3 Å². The van der Waals surface area contributed by atoms with Gasteiger partial charge in [0.25, 0.3) is 5.54 Å². The quantitative estimate of drug-likeness (QED) is 0.388. The number of esters is 1. The second kappa shape index (κ2) is 10.00. The Balaban J connectivity index is 2.82. The van der Waals surface area contributed by atoms with E-state index >= 15 is 0 Å². The minimum atomic E-state index is -2.42. The van der Waals surface area contributed by atoms with Crippen LogP contribution in [0.25, 0.3) is 10.8 Å². The highest BCUT2D eigenvalue weighted by Gasteiger charge is 2.54. The number of benzene rings is 2. The molecular weight excluding hydrogens is 438 g/mol. The molecular formula is C25H31N3O6. The number of carbonyl (C=O) groups is 3. The van der Waals surface area contributed by atoms with Crippen molar-refractivity contribution in [2.45, 2.75) is 65.2 Å². The van der Waals surface area contributed by atoms with E-state index in [0.717, 1.165) is 0 Å². The highest BCUT2D eigenvalue weighted by atomic mass is 16.6. The Bertz CT molecular complexity index is 1100. The summed E-state index contributed by atoms with van der Waals surface area (Å²) >= 11 is 0. The Kier molecular flexibility index (Phi) is 7.78. The first-order chi connectivity index (χ1) is 15.7. The van der Waals surface area contributed by atoms with E-state index in [0.29, 0.717) is 15.8 Å². The molecule has 1 atom stereocenters. The van der Waals surface area contributed by atoms with Gasteiger partial charge in [-0.3, -0.25) is 0 Å². The fraction of sp³-hybridized carbons (Fsp3) is 0.440. The van der Waals surface area contributed by atoms with Crippen molar-refractivity contribution < 1.29 is 28.6 Å². The molecule has 0 saturated heterocycles. The molecule has 0 fully saturated rings. The Morgan fingerprint density at radius 1 is 0.941 bits per heavy atom. The van der Waals surface area contributed by atoms with Gasteiger partial charge in [0.1, 0.15) is 17.3 Å². The number of rotatable bonds is 4. The first-order valence-corrected chi connectivity index (χ1v) is 10.8. The normalized spacial score (nSPS) is 13.2. The summed E-state index contributed by atoms with van der Waals surface area (Å²) in [6, 6.07) is 13.9. The highest BCUT2D eigenvalue weighted by Crippen LogP contribution is 2.35. The van der Waals surface area contributed by atoms with Gasteiger partial charge < -0.3 is 14.2 Å². The lowest BCUT2D eigenvalue weighted by Gasteiger charge is -2.38. The molecule has 9 nitrogen and oxygen atoms in total. The third kappa shape index (κ3) is 5.95. The maximum Gasteiger partial charge on any atom is 0.431 e. The maximum atomic E-state index is 13.4. The zero-order chi connectivity index (χ0) is 25.7. The van der Waals surface area contributed by atoms with Crippen molar-refractivity contribution in [2.24, 2.45) is 0 Å². The molecule has 2 aromatic carbocycles. The van der Waals surface area contributed by atoms with Crippen molar-refractivity contribution in [3.63, 3.8) is 0 Å². The molecule has 34 heavy (non-hydrogen) atoms. The number of nitrogens with zero attached hydrogens (tertiary/aromatic N) is 2. The average Bonchev–Trinajstić information content (AvgIpc) is 2.71. The van der Waals surface area contributed by atoms with Crippen LogP contribution in [-0.4, -0.2) is 41.0 Å². The number of fused-ring (bicyclic) bond motifs is 1. The van der Waals surface area contributed by atoms with E-state index in [2.05, 4.69) is 5.43 Å². The molecule has 2 aromatic rings. The summed E-state index contributed by atoms with van der Waals surface area (Å²) in [5.41, 5.74) is -1.94. The molecule has 1 N–H and O–H groups in total. The molecule has 0 spiro atoms. The van der Waals surface area contributed by atoms with Gasteiger partial charge >= 0.3 is 18.2 Å². The minimum absolute atomic E-state index is 0.0678. The number of nitriles is 1. The van der Waals surface area contributed by atoms with Crippen molar-refractivity contribution in [1.29, 1.82) is 5.26 Å². The lowest BCUT2D eigenvalue weighted by atomic mass is 9.86. The van der Waals surface area contributed by atoms with Gasteiger partial charge in [0, 0.05) is 5.56 Å². The van der Waals surface area contributed by atoms with E-state index in [-0.39, 0.29) is 12.2 Å². The lowest BCUT2D eigenvalue weighted by molar-refractivity contribution is -0.156. The molecule has 0 aliphatic heterocycles. The van der Waals surface area contributed by atoms with Crippen LogP contribution < -0.4 is 5.43 Å². The molecule has 9 heteroatoms. The van der Waals surface area contributed by atoms with E-state index in [1.165, 1.54) is 6.07 Å². The topological polar surface area (TPSA) is 118 Å². The molecule has 2 amide bonds. The second-order valence-corrected chi connectivity index (χ2v) is 9.50. The molecule has 0 aliphatic carbocycles. The van der Waals surface area contributed by atoms with Gasteiger partial charge in [0.05, 0.1) is 6.61 Å². The molecule has 2 rings (SSSR count).